The highest BCUT2D eigenvalue weighted by Gasteiger charge is 2.69. The third kappa shape index (κ3) is 3.61. The molecule has 0 spiro atoms. The van der Waals surface area contributed by atoms with E-state index in [1.54, 1.807) is 20.2 Å². The number of aromatic hydroxyl groups is 1. The fraction of sp³-hybridized carbons (Fsp3) is 0.500. The highest BCUT2D eigenvalue weighted by atomic mass is 35.5. The molecule has 1 aromatic rings. The first-order chi connectivity index (χ1) is 17.4. The van der Waals surface area contributed by atoms with Crippen molar-refractivity contribution in [1.29, 1.82) is 0 Å². The maximum atomic E-state index is 13.8. The third-order valence-electron chi connectivity index (χ3n) is 8.37. The van der Waals surface area contributed by atoms with Crippen LogP contribution in [0.1, 0.15) is 27.9 Å². The monoisotopic (exact) mass is 529 g/mol. The number of primary amides is 1. The summed E-state index contributed by atoms with van der Waals surface area (Å²) in [6.45, 7) is 1.68. The van der Waals surface area contributed by atoms with Gasteiger partial charge < -0.3 is 15.9 Å². The van der Waals surface area contributed by atoms with Crippen LogP contribution in [0.4, 0.5) is 0 Å². The molecule has 1 aromatic carbocycles. The molecule has 10 nitrogen and oxygen atoms in total. The molecule has 5 rings (SSSR count). The SMILES string of the molecule is CN(C)[C@@H]1C(=O)C(C(N)=O)C(=O)[C@@]2(O)C(=O)C3C(=O)c4c(O)c(CN5CC=CC5)cc(Cl)c4C[C@H]3C[C@@H]12. The van der Waals surface area contributed by atoms with Gasteiger partial charge in [-0.15, -0.1) is 0 Å². The molecule has 0 aromatic heterocycles. The number of nitrogens with two attached hydrogens (primary N) is 1. The number of hydrogen-bond acceptors (Lipinski definition) is 9. The van der Waals surface area contributed by atoms with Crippen molar-refractivity contribution in [2.45, 2.75) is 31.0 Å². The number of phenolic OH excluding ortho intramolecular Hbond substituents is 1. The van der Waals surface area contributed by atoms with Gasteiger partial charge in [0.15, 0.2) is 34.7 Å². The summed E-state index contributed by atoms with van der Waals surface area (Å²) in [5.74, 6) is -10.6. The van der Waals surface area contributed by atoms with Crippen LogP contribution in [-0.4, -0.2) is 87.9 Å². The number of carbonyl (C=O) groups excluding carboxylic acids is 5. The summed E-state index contributed by atoms with van der Waals surface area (Å²) in [5.41, 5.74) is 3.34. The van der Waals surface area contributed by atoms with E-state index in [1.807, 2.05) is 17.1 Å². The number of nitrogens with zero attached hydrogens (tertiary/aromatic N) is 2. The first-order valence-corrected chi connectivity index (χ1v) is 12.5. The summed E-state index contributed by atoms with van der Waals surface area (Å²) in [7, 11) is 3.09. The number of rotatable bonds is 4. The largest absolute Gasteiger partial charge is 0.507 e. The van der Waals surface area contributed by atoms with Gasteiger partial charge >= 0.3 is 0 Å². The van der Waals surface area contributed by atoms with Crippen LogP contribution in [0.25, 0.3) is 0 Å². The fourth-order valence-electron chi connectivity index (χ4n) is 6.69. The van der Waals surface area contributed by atoms with Crippen LogP contribution < -0.4 is 5.73 Å². The molecule has 1 amide bonds. The van der Waals surface area contributed by atoms with Crippen molar-refractivity contribution in [1.82, 2.24) is 9.80 Å². The van der Waals surface area contributed by atoms with E-state index in [9.17, 15) is 34.2 Å². The molecule has 0 bridgehead atoms. The van der Waals surface area contributed by atoms with E-state index in [-0.39, 0.29) is 29.2 Å². The van der Waals surface area contributed by atoms with Crippen molar-refractivity contribution in [3.8, 4) is 5.75 Å². The molecule has 2 fully saturated rings. The number of halogens is 1. The molecule has 196 valence electrons. The van der Waals surface area contributed by atoms with E-state index in [1.165, 1.54) is 4.90 Å². The van der Waals surface area contributed by atoms with Gasteiger partial charge in [-0.05, 0) is 44.5 Å². The lowest BCUT2D eigenvalue weighted by atomic mass is 9.52. The van der Waals surface area contributed by atoms with Crippen LogP contribution in [0.3, 0.4) is 0 Å². The van der Waals surface area contributed by atoms with Crippen molar-refractivity contribution < 1.29 is 34.2 Å². The van der Waals surface area contributed by atoms with E-state index < -0.39 is 64.4 Å². The molecule has 6 atom stereocenters. The lowest BCUT2D eigenvalue weighted by molar-refractivity contribution is -0.181. The Morgan fingerprint density at radius 1 is 1.19 bits per heavy atom. The van der Waals surface area contributed by atoms with Gasteiger partial charge in [0.1, 0.15) is 5.75 Å². The van der Waals surface area contributed by atoms with E-state index in [0.717, 1.165) is 0 Å². The summed E-state index contributed by atoms with van der Waals surface area (Å²) < 4.78 is 0. The topological polar surface area (TPSA) is 158 Å². The quantitative estimate of drug-likeness (QED) is 0.357. The summed E-state index contributed by atoms with van der Waals surface area (Å²) in [4.78, 5) is 69.6. The van der Waals surface area contributed by atoms with E-state index >= 15 is 0 Å². The maximum absolute atomic E-state index is 13.8. The van der Waals surface area contributed by atoms with Gasteiger partial charge in [-0.1, -0.05) is 23.8 Å². The molecule has 2 unspecified atom stereocenters. The van der Waals surface area contributed by atoms with E-state index in [4.69, 9.17) is 17.3 Å². The standard InChI is InChI=1S/C26H28ClN3O7/c1-29(2)19-14-8-11-7-13-15(27)9-12(10-30-5-3-4-6-30)20(31)17(13)21(32)16(11)23(34)26(14,37)24(35)18(22(19)33)25(28)36/h3-4,9,11,14,16,18-19,31,37H,5-8,10H2,1-2H3,(H2,28,36)/t11-,14-,16?,18?,19-,26-/m0/s1. The average Bonchev–Trinajstić information content (AvgIpc) is 3.32. The van der Waals surface area contributed by atoms with Crippen LogP contribution >= 0.6 is 11.6 Å². The second-order valence-corrected chi connectivity index (χ2v) is 11.1. The van der Waals surface area contributed by atoms with Crippen LogP contribution in [0.2, 0.25) is 5.02 Å². The van der Waals surface area contributed by atoms with Crippen molar-refractivity contribution in [3.63, 3.8) is 0 Å². The van der Waals surface area contributed by atoms with Crippen molar-refractivity contribution in [2.75, 3.05) is 27.2 Å². The number of aliphatic hydroxyl groups is 1. The summed E-state index contributed by atoms with van der Waals surface area (Å²) in [6.07, 6.45) is 4.10. The number of likely N-dealkylation sites (N-methyl/N-ethyl adjacent to an activating group) is 1. The fourth-order valence-corrected chi connectivity index (χ4v) is 6.99. The van der Waals surface area contributed by atoms with Crippen LogP contribution in [0.15, 0.2) is 18.2 Å². The van der Waals surface area contributed by atoms with E-state index in [2.05, 4.69) is 0 Å². The summed E-state index contributed by atoms with van der Waals surface area (Å²) >= 11 is 6.58. The minimum atomic E-state index is -2.74. The number of phenols is 1. The van der Waals surface area contributed by atoms with Gasteiger partial charge in [0.05, 0.1) is 17.5 Å². The Balaban J connectivity index is 1.59. The minimum Gasteiger partial charge on any atom is -0.507 e. The van der Waals surface area contributed by atoms with Crippen LogP contribution in [0.5, 0.6) is 5.75 Å². The molecule has 4 aliphatic rings. The molecule has 0 saturated heterocycles. The van der Waals surface area contributed by atoms with Gasteiger partial charge in [-0.2, -0.15) is 0 Å². The number of amides is 1. The second kappa shape index (κ2) is 8.83. The highest BCUT2D eigenvalue weighted by Crippen LogP contribution is 2.51. The zero-order valence-electron chi connectivity index (χ0n) is 20.4. The van der Waals surface area contributed by atoms with Gasteiger partial charge in [0.25, 0.3) is 0 Å². The first kappa shape index (κ1) is 25.7. The van der Waals surface area contributed by atoms with Crippen molar-refractivity contribution in [3.05, 3.63) is 39.9 Å². The molecule has 1 aliphatic heterocycles. The Morgan fingerprint density at radius 3 is 2.43 bits per heavy atom. The average molecular weight is 530 g/mol. The van der Waals surface area contributed by atoms with Crippen LogP contribution in [0, 0.1) is 23.7 Å². The maximum Gasteiger partial charge on any atom is 0.235 e. The van der Waals surface area contributed by atoms with Crippen LogP contribution in [-0.2, 0) is 32.1 Å². The van der Waals surface area contributed by atoms with E-state index in [0.29, 0.717) is 30.8 Å². The number of hydrogen-bond donors (Lipinski definition) is 3. The number of benzene rings is 1. The highest BCUT2D eigenvalue weighted by molar-refractivity contribution is 6.34. The normalized spacial score (nSPS) is 33.5. The minimum absolute atomic E-state index is 0.0117. The number of Topliss-reactive ketones (excluding diaryl/α,β-unsaturated/α-hetero) is 4. The Kier molecular flexibility index (Phi) is 6.14. The molecule has 1 heterocycles. The lowest BCUT2D eigenvalue weighted by Crippen LogP contribution is -2.74. The summed E-state index contributed by atoms with van der Waals surface area (Å²) in [6, 6.07) is 0.484. The third-order valence-corrected chi connectivity index (χ3v) is 8.71. The van der Waals surface area contributed by atoms with Gasteiger partial charge in [0.2, 0.25) is 5.91 Å². The van der Waals surface area contributed by atoms with Gasteiger partial charge in [-0.25, -0.2) is 0 Å². The molecule has 3 aliphatic carbocycles. The molecular formula is C26H28ClN3O7. The first-order valence-electron chi connectivity index (χ1n) is 12.1. The molecule has 0 radical (unpaired) electrons. The molecule has 37 heavy (non-hydrogen) atoms. The molecular weight excluding hydrogens is 502 g/mol. The van der Waals surface area contributed by atoms with Gasteiger partial charge in [-0.3, -0.25) is 33.8 Å². The van der Waals surface area contributed by atoms with Crippen molar-refractivity contribution >= 4 is 40.6 Å². The number of ketones is 4. The Morgan fingerprint density at radius 2 is 1.84 bits per heavy atom. The van der Waals surface area contributed by atoms with Gasteiger partial charge in [0, 0.05) is 36.1 Å². The predicted molar refractivity (Wildman–Crippen MR) is 131 cm³/mol. The summed E-state index contributed by atoms with van der Waals surface area (Å²) in [5, 5.41) is 23.0. The van der Waals surface area contributed by atoms with Crippen molar-refractivity contribution in [2.24, 2.45) is 29.4 Å². The second-order valence-electron chi connectivity index (χ2n) is 10.7. The zero-order chi connectivity index (χ0) is 27.0. The molecule has 11 heteroatoms. The molecule has 4 N–H and O–H groups in total. The number of fused-ring (bicyclic) bond motifs is 3. The number of carbonyl (C=O) groups is 5. The Bertz CT molecular complexity index is 1280. The Hall–Kier alpha value is -2.92. The lowest BCUT2D eigenvalue weighted by Gasteiger charge is -2.52. The zero-order valence-corrected chi connectivity index (χ0v) is 21.2. The Labute approximate surface area is 218 Å². The smallest absolute Gasteiger partial charge is 0.235 e. The molecule has 2 saturated carbocycles. The predicted octanol–water partition coefficient (Wildman–Crippen LogP) is -0.108.